The van der Waals surface area contributed by atoms with Crippen LogP contribution in [0.3, 0.4) is 0 Å². The molecule has 4 nitrogen and oxygen atoms in total. The Morgan fingerprint density at radius 1 is 1.42 bits per heavy atom. The summed E-state index contributed by atoms with van der Waals surface area (Å²) in [6, 6.07) is 0.701. The highest BCUT2D eigenvalue weighted by Crippen LogP contribution is 2.36. The minimum absolute atomic E-state index is 0.204. The highest BCUT2D eigenvalue weighted by Gasteiger charge is 2.30. The molecule has 0 bridgehead atoms. The number of unbranched alkanes of at least 4 members (excludes halogenated alkanes) is 1. The van der Waals surface area contributed by atoms with Crippen molar-refractivity contribution in [3.8, 4) is 0 Å². The van der Waals surface area contributed by atoms with Crippen LogP contribution in [-0.4, -0.2) is 23.6 Å². The number of rotatable bonds is 7. The summed E-state index contributed by atoms with van der Waals surface area (Å²) >= 11 is 0. The van der Waals surface area contributed by atoms with Gasteiger partial charge in [0.15, 0.2) is 0 Å². The van der Waals surface area contributed by atoms with Crippen LogP contribution in [-0.2, 0) is 0 Å². The van der Waals surface area contributed by atoms with Gasteiger partial charge in [-0.05, 0) is 44.1 Å². The zero-order valence-corrected chi connectivity index (χ0v) is 13.0. The normalized spacial score (nSPS) is 23.8. The molecule has 0 radical (unpaired) electrons. The van der Waals surface area contributed by atoms with Crippen LogP contribution in [0.5, 0.6) is 0 Å². The monoisotopic (exact) mass is 269 g/mol. The summed E-state index contributed by atoms with van der Waals surface area (Å²) in [7, 11) is 0. The van der Waals surface area contributed by atoms with Crippen LogP contribution in [0.15, 0.2) is 5.16 Å². The Kier molecular flexibility index (Phi) is 5.65. The fraction of sp³-hybridized carbons (Fsp3) is 0.933. The first-order chi connectivity index (χ1) is 8.77. The van der Waals surface area contributed by atoms with Gasteiger partial charge in [-0.25, -0.2) is 0 Å². The summed E-state index contributed by atoms with van der Waals surface area (Å²) in [5, 5.41) is 15.5. The van der Waals surface area contributed by atoms with Crippen LogP contribution in [0.1, 0.15) is 66.2 Å². The molecule has 1 aliphatic rings. The van der Waals surface area contributed by atoms with Crippen molar-refractivity contribution in [3.63, 3.8) is 0 Å². The SMILES string of the molecule is CC1(C)CCC(NCCCCC(C)(C)C(N)=NO)C1. The molecule has 0 aliphatic heterocycles. The molecule has 1 saturated carbocycles. The number of hydrogen-bond donors (Lipinski definition) is 3. The summed E-state index contributed by atoms with van der Waals surface area (Å²) in [6.07, 6.45) is 7.15. The van der Waals surface area contributed by atoms with Crippen LogP contribution in [0.2, 0.25) is 0 Å². The fourth-order valence-corrected chi connectivity index (χ4v) is 2.87. The minimum atomic E-state index is -0.204. The zero-order chi connectivity index (χ0) is 14.5. The van der Waals surface area contributed by atoms with E-state index >= 15 is 0 Å². The first kappa shape index (κ1) is 16.3. The fourth-order valence-electron chi connectivity index (χ4n) is 2.87. The largest absolute Gasteiger partial charge is 0.409 e. The zero-order valence-electron chi connectivity index (χ0n) is 13.0. The Bertz CT molecular complexity index is 311. The van der Waals surface area contributed by atoms with Crippen LogP contribution in [0.25, 0.3) is 0 Å². The topological polar surface area (TPSA) is 70.6 Å². The molecule has 4 N–H and O–H groups in total. The average Bonchev–Trinajstić information content (AvgIpc) is 2.67. The molecule has 1 unspecified atom stereocenters. The van der Waals surface area contributed by atoms with E-state index in [2.05, 4.69) is 24.3 Å². The first-order valence-electron chi connectivity index (χ1n) is 7.48. The van der Waals surface area contributed by atoms with Gasteiger partial charge in [0.25, 0.3) is 0 Å². The molecule has 1 fully saturated rings. The molecule has 0 amide bonds. The predicted octanol–water partition coefficient (Wildman–Crippen LogP) is 3.10. The van der Waals surface area contributed by atoms with E-state index in [-0.39, 0.29) is 5.41 Å². The lowest BCUT2D eigenvalue weighted by Gasteiger charge is -2.23. The lowest BCUT2D eigenvalue weighted by molar-refractivity contribution is 0.304. The Morgan fingerprint density at radius 3 is 2.63 bits per heavy atom. The maximum Gasteiger partial charge on any atom is 0.144 e. The van der Waals surface area contributed by atoms with Gasteiger partial charge in [-0.2, -0.15) is 0 Å². The van der Waals surface area contributed by atoms with Gasteiger partial charge in [-0.15, -0.1) is 0 Å². The number of hydrogen-bond acceptors (Lipinski definition) is 3. The van der Waals surface area contributed by atoms with Crippen molar-refractivity contribution in [3.05, 3.63) is 0 Å². The average molecular weight is 269 g/mol. The highest BCUT2D eigenvalue weighted by molar-refractivity contribution is 5.85. The summed E-state index contributed by atoms with van der Waals surface area (Å²) < 4.78 is 0. The van der Waals surface area contributed by atoms with Gasteiger partial charge >= 0.3 is 0 Å². The van der Waals surface area contributed by atoms with Crippen molar-refractivity contribution in [2.45, 2.75) is 72.3 Å². The lowest BCUT2D eigenvalue weighted by Crippen LogP contribution is -2.32. The van der Waals surface area contributed by atoms with Crippen molar-refractivity contribution in [2.24, 2.45) is 21.7 Å². The van der Waals surface area contributed by atoms with Gasteiger partial charge in [0.05, 0.1) is 0 Å². The number of amidine groups is 1. The number of nitrogens with two attached hydrogens (primary N) is 1. The molecule has 19 heavy (non-hydrogen) atoms. The van der Waals surface area contributed by atoms with E-state index in [1.807, 2.05) is 13.8 Å². The molecule has 0 aromatic rings. The van der Waals surface area contributed by atoms with E-state index in [0.29, 0.717) is 17.3 Å². The van der Waals surface area contributed by atoms with Gasteiger partial charge in [0.1, 0.15) is 5.84 Å². The first-order valence-corrected chi connectivity index (χ1v) is 7.48. The molecule has 0 aromatic carbocycles. The van der Waals surface area contributed by atoms with Crippen LogP contribution < -0.4 is 11.1 Å². The lowest BCUT2D eigenvalue weighted by atomic mass is 9.86. The Balaban J connectivity index is 2.12. The van der Waals surface area contributed by atoms with Gasteiger partial charge in [-0.1, -0.05) is 39.3 Å². The molecule has 0 heterocycles. The highest BCUT2D eigenvalue weighted by atomic mass is 16.4. The van der Waals surface area contributed by atoms with E-state index in [1.165, 1.54) is 19.3 Å². The van der Waals surface area contributed by atoms with Gasteiger partial charge in [0, 0.05) is 11.5 Å². The van der Waals surface area contributed by atoms with E-state index < -0.39 is 0 Å². The Morgan fingerprint density at radius 2 is 2.11 bits per heavy atom. The molecule has 0 aromatic heterocycles. The second kappa shape index (κ2) is 6.60. The Hall–Kier alpha value is -0.770. The summed E-state index contributed by atoms with van der Waals surface area (Å²) in [6.45, 7) is 9.83. The second-order valence-corrected chi connectivity index (χ2v) is 7.38. The standard InChI is InChI=1S/C15H31N3O/c1-14(2)9-7-12(11-14)17-10-6-5-8-15(3,4)13(16)18-19/h12,17,19H,5-11H2,1-4H3,(H2,16,18). The Labute approximate surface area is 117 Å². The van der Waals surface area contributed by atoms with Crippen molar-refractivity contribution in [1.29, 1.82) is 0 Å². The van der Waals surface area contributed by atoms with Gasteiger partial charge in [0.2, 0.25) is 0 Å². The minimum Gasteiger partial charge on any atom is -0.409 e. The van der Waals surface area contributed by atoms with Crippen LogP contribution in [0, 0.1) is 10.8 Å². The molecule has 4 heteroatoms. The summed E-state index contributed by atoms with van der Waals surface area (Å²) in [4.78, 5) is 0. The van der Waals surface area contributed by atoms with Crippen LogP contribution in [0.4, 0.5) is 0 Å². The number of nitrogens with one attached hydrogen (secondary N) is 1. The van der Waals surface area contributed by atoms with Crippen molar-refractivity contribution in [1.82, 2.24) is 5.32 Å². The molecule has 1 atom stereocenters. The maximum absolute atomic E-state index is 8.72. The third-order valence-corrected chi connectivity index (χ3v) is 4.43. The molecule has 112 valence electrons. The third kappa shape index (κ3) is 5.39. The van der Waals surface area contributed by atoms with Gasteiger partial charge < -0.3 is 16.3 Å². The van der Waals surface area contributed by atoms with E-state index in [4.69, 9.17) is 10.9 Å². The van der Waals surface area contributed by atoms with Gasteiger partial charge in [-0.3, -0.25) is 0 Å². The predicted molar refractivity (Wildman–Crippen MR) is 80.5 cm³/mol. The van der Waals surface area contributed by atoms with E-state index in [0.717, 1.165) is 25.8 Å². The summed E-state index contributed by atoms with van der Waals surface area (Å²) in [5.41, 5.74) is 5.99. The molecule has 0 saturated heterocycles. The number of nitrogens with zero attached hydrogens (tertiary/aromatic N) is 1. The molecule has 1 aliphatic carbocycles. The van der Waals surface area contributed by atoms with Crippen molar-refractivity contribution in [2.75, 3.05) is 6.54 Å². The maximum atomic E-state index is 8.72. The smallest absolute Gasteiger partial charge is 0.144 e. The second-order valence-electron chi connectivity index (χ2n) is 7.38. The van der Waals surface area contributed by atoms with Crippen molar-refractivity contribution < 1.29 is 5.21 Å². The number of oxime groups is 1. The van der Waals surface area contributed by atoms with Crippen molar-refractivity contribution >= 4 is 5.84 Å². The van der Waals surface area contributed by atoms with Crippen LogP contribution >= 0.6 is 0 Å². The molecule has 0 spiro atoms. The summed E-state index contributed by atoms with van der Waals surface area (Å²) in [5.74, 6) is 0.331. The quantitative estimate of drug-likeness (QED) is 0.219. The van der Waals surface area contributed by atoms with E-state index in [9.17, 15) is 0 Å². The third-order valence-electron chi connectivity index (χ3n) is 4.43. The molecule has 1 rings (SSSR count). The molecular weight excluding hydrogens is 238 g/mol. The van der Waals surface area contributed by atoms with E-state index in [1.54, 1.807) is 0 Å². The molecular formula is C15H31N3O.